The maximum Gasteiger partial charge on any atom is 0.191 e. The minimum absolute atomic E-state index is 0. The summed E-state index contributed by atoms with van der Waals surface area (Å²) in [6.07, 6.45) is 4.66. The Bertz CT molecular complexity index is 895. The first-order valence-electron chi connectivity index (χ1n) is 9.55. The SMILES string of the molecule is CCNC(=NCc1nccn1Cc1ccccc1)NCCc1ccccc1Cl.I. The van der Waals surface area contributed by atoms with Crippen molar-refractivity contribution in [3.63, 3.8) is 0 Å². The Labute approximate surface area is 194 Å². The molecule has 0 aliphatic heterocycles. The van der Waals surface area contributed by atoms with Gasteiger partial charge in [0.15, 0.2) is 5.96 Å². The van der Waals surface area contributed by atoms with Gasteiger partial charge in [-0.2, -0.15) is 0 Å². The molecule has 0 amide bonds. The minimum Gasteiger partial charge on any atom is -0.357 e. The molecule has 7 heteroatoms. The molecule has 0 spiro atoms. The van der Waals surface area contributed by atoms with Gasteiger partial charge in [-0.15, -0.1) is 24.0 Å². The fraction of sp³-hybridized carbons (Fsp3) is 0.273. The van der Waals surface area contributed by atoms with Gasteiger partial charge in [0.1, 0.15) is 12.4 Å². The molecule has 0 atom stereocenters. The Balaban J connectivity index is 0.00000300. The number of benzene rings is 2. The van der Waals surface area contributed by atoms with Crippen LogP contribution >= 0.6 is 35.6 Å². The summed E-state index contributed by atoms with van der Waals surface area (Å²) in [6.45, 7) is 4.93. The summed E-state index contributed by atoms with van der Waals surface area (Å²) < 4.78 is 2.13. The van der Waals surface area contributed by atoms with Crippen molar-refractivity contribution < 1.29 is 0 Å². The average molecular weight is 524 g/mol. The van der Waals surface area contributed by atoms with Gasteiger partial charge in [-0.1, -0.05) is 60.1 Å². The zero-order chi connectivity index (χ0) is 19.6. The fourth-order valence-electron chi connectivity index (χ4n) is 2.92. The first-order chi connectivity index (χ1) is 13.8. The van der Waals surface area contributed by atoms with Crippen molar-refractivity contribution in [1.29, 1.82) is 0 Å². The summed E-state index contributed by atoms with van der Waals surface area (Å²) >= 11 is 6.23. The van der Waals surface area contributed by atoms with Crippen molar-refractivity contribution in [2.45, 2.75) is 26.4 Å². The lowest BCUT2D eigenvalue weighted by Gasteiger charge is -2.12. The van der Waals surface area contributed by atoms with Crippen LogP contribution in [0.1, 0.15) is 23.9 Å². The van der Waals surface area contributed by atoms with Gasteiger partial charge in [-0.25, -0.2) is 9.98 Å². The predicted molar refractivity (Wildman–Crippen MR) is 131 cm³/mol. The van der Waals surface area contributed by atoms with Crippen LogP contribution in [0.5, 0.6) is 0 Å². The molecule has 2 N–H and O–H groups in total. The molecule has 0 bridgehead atoms. The van der Waals surface area contributed by atoms with Crippen LogP contribution in [-0.2, 0) is 19.5 Å². The maximum atomic E-state index is 6.23. The van der Waals surface area contributed by atoms with Gasteiger partial charge < -0.3 is 15.2 Å². The Morgan fingerprint density at radius 3 is 2.59 bits per heavy atom. The number of aliphatic imine (C=N–C) groups is 1. The van der Waals surface area contributed by atoms with Gasteiger partial charge in [0.2, 0.25) is 0 Å². The molecule has 0 saturated carbocycles. The van der Waals surface area contributed by atoms with Gasteiger partial charge in [0.25, 0.3) is 0 Å². The molecule has 1 heterocycles. The summed E-state index contributed by atoms with van der Waals surface area (Å²) in [7, 11) is 0. The molecule has 3 rings (SSSR count). The lowest BCUT2D eigenvalue weighted by atomic mass is 10.1. The molecule has 5 nitrogen and oxygen atoms in total. The maximum absolute atomic E-state index is 6.23. The Kier molecular flexibility index (Phi) is 10.0. The second-order valence-electron chi connectivity index (χ2n) is 6.42. The highest BCUT2D eigenvalue weighted by Crippen LogP contribution is 2.14. The van der Waals surface area contributed by atoms with Gasteiger partial charge in [-0.05, 0) is 30.5 Å². The molecule has 154 valence electrons. The zero-order valence-corrected chi connectivity index (χ0v) is 19.6. The van der Waals surface area contributed by atoms with Crippen LogP contribution in [0.15, 0.2) is 72.0 Å². The lowest BCUT2D eigenvalue weighted by Crippen LogP contribution is -2.38. The molecule has 0 saturated heterocycles. The van der Waals surface area contributed by atoms with E-state index in [2.05, 4.69) is 62.4 Å². The number of aromatic nitrogens is 2. The van der Waals surface area contributed by atoms with Gasteiger partial charge in [-0.3, -0.25) is 0 Å². The van der Waals surface area contributed by atoms with E-state index in [-0.39, 0.29) is 24.0 Å². The number of nitrogens with one attached hydrogen (secondary N) is 2. The number of hydrogen-bond acceptors (Lipinski definition) is 2. The number of halogens is 2. The predicted octanol–water partition coefficient (Wildman–Crippen LogP) is 4.50. The van der Waals surface area contributed by atoms with Crippen LogP contribution < -0.4 is 10.6 Å². The van der Waals surface area contributed by atoms with E-state index in [4.69, 9.17) is 11.6 Å². The van der Waals surface area contributed by atoms with Crippen LogP contribution in [-0.4, -0.2) is 28.6 Å². The monoisotopic (exact) mass is 523 g/mol. The van der Waals surface area contributed by atoms with Gasteiger partial charge in [0.05, 0.1) is 0 Å². The van der Waals surface area contributed by atoms with Crippen molar-refractivity contribution in [3.8, 4) is 0 Å². The summed E-state index contributed by atoms with van der Waals surface area (Å²) in [5.74, 6) is 1.72. The van der Waals surface area contributed by atoms with Crippen molar-refractivity contribution in [1.82, 2.24) is 20.2 Å². The number of imidazole rings is 1. The molecule has 29 heavy (non-hydrogen) atoms. The summed E-state index contributed by atoms with van der Waals surface area (Å²) in [5, 5.41) is 7.46. The van der Waals surface area contributed by atoms with Crippen LogP contribution in [0.25, 0.3) is 0 Å². The third-order valence-electron chi connectivity index (χ3n) is 4.36. The van der Waals surface area contributed by atoms with Crippen LogP contribution in [0, 0.1) is 0 Å². The molecular weight excluding hydrogens is 497 g/mol. The molecule has 0 unspecified atom stereocenters. The van der Waals surface area contributed by atoms with Crippen LogP contribution in [0.4, 0.5) is 0 Å². The molecule has 0 aliphatic rings. The van der Waals surface area contributed by atoms with E-state index in [0.29, 0.717) is 6.54 Å². The standard InChI is InChI=1S/C22H26ClN5.HI/c1-2-24-22(26-13-12-19-10-6-7-11-20(19)23)27-16-21-25-14-15-28(21)17-18-8-4-3-5-9-18;/h3-11,14-15H,2,12-13,16-17H2,1H3,(H2,24,26,27);1H. The largest absolute Gasteiger partial charge is 0.357 e. The molecule has 0 radical (unpaired) electrons. The molecular formula is C22H27ClIN5. The number of nitrogens with zero attached hydrogens (tertiary/aromatic N) is 3. The zero-order valence-electron chi connectivity index (χ0n) is 16.5. The van der Waals surface area contributed by atoms with E-state index >= 15 is 0 Å². The topological polar surface area (TPSA) is 54.2 Å². The highest BCUT2D eigenvalue weighted by molar-refractivity contribution is 14.0. The van der Waals surface area contributed by atoms with Crippen molar-refractivity contribution in [2.75, 3.05) is 13.1 Å². The first-order valence-corrected chi connectivity index (χ1v) is 9.93. The van der Waals surface area contributed by atoms with Crippen molar-refractivity contribution in [2.24, 2.45) is 4.99 Å². The molecule has 0 aliphatic carbocycles. The lowest BCUT2D eigenvalue weighted by molar-refractivity contribution is 0.716. The number of hydrogen-bond donors (Lipinski definition) is 2. The van der Waals surface area contributed by atoms with E-state index in [1.807, 2.05) is 36.7 Å². The second kappa shape index (κ2) is 12.5. The van der Waals surface area contributed by atoms with E-state index in [0.717, 1.165) is 48.4 Å². The fourth-order valence-corrected chi connectivity index (χ4v) is 3.15. The third kappa shape index (κ3) is 7.36. The van der Waals surface area contributed by atoms with E-state index in [1.165, 1.54) is 5.56 Å². The molecule has 0 fully saturated rings. The second-order valence-corrected chi connectivity index (χ2v) is 6.83. The Hall–Kier alpha value is -2.06. The highest BCUT2D eigenvalue weighted by atomic mass is 127. The Morgan fingerprint density at radius 2 is 1.83 bits per heavy atom. The number of guanidine groups is 1. The normalized spacial score (nSPS) is 11.0. The summed E-state index contributed by atoms with van der Waals surface area (Å²) in [4.78, 5) is 9.16. The van der Waals surface area contributed by atoms with E-state index in [9.17, 15) is 0 Å². The van der Waals surface area contributed by atoms with E-state index in [1.54, 1.807) is 0 Å². The summed E-state index contributed by atoms with van der Waals surface area (Å²) in [5.41, 5.74) is 2.38. The average Bonchev–Trinajstić information content (AvgIpc) is 3.15. The number of rotatable bonds is 8. The van der Waals surface area contributed by atoms with Crippen molar-refractivity contribution >= 4 is 41.5 Å². The Morgan fingerprint density at radius 1 is 1.07 bits per heavy atom. The first kappa shape index (κ1) is 23.2. The molecule has 2 aromatic carbocycles. The summed E-state index contributed by atoms with van der Waals surface area (Å²) in [6, 6.07) is 18.3. The van der Waals surface area contributed by atoms with Crippen LogP contribution in [0.3, 0.4) is 0 Å². The van der Waals surface area contributed by atoms with Crippen molar-refractivity contribution in [3.05, 3.63) is 89.0 Å². The smallest absolute Gasteiger partial charge is 0.191 e. The molecule has 3 aromatic rings. The third-order valence-corrected chi connectivity index (χ3v) is 4.73. The quantitative estimate of drug-likeness (QED) is 0.260. The van der Waals surface area contributed by atoms with Gasteiger partial charge >= 0.3 is 0 Å². The highest BCUT2D eigenvalue weighted by Gasteiger charge is 2.05. The molecule has 1 aromatic heterocycles. The van der Waals surface area contributed by atoms with Gasteiger partial charge in [0, 0.05) is 37.1 Å². The minimum atomic E-state index is 0. The van der Waals surface area contributed by atoms with E-state index < -0.39 is 0 Å². The van der Waals surface area contributed by atoms with Crippen LogP contribution in [0.2, 0.25) is 5.02 Å².